The Bertz CT molecular complexity index is 619. The lowest BCUT2D eigenvalue weighted by Gasteiger charge is -2.16. The molecule has 2 aromatic carbocycles. The van der Waals surface area contributed by atoms with E-state index in [-0.39, 0.29) is 6.04 Å². The molecule has 0 radical (unpaired) electrons. The maximum atomic E-state index is 6.28. The zero-order chi connectivity index (χ0) is 14.7. The summed E-state index contributed by atoms with van der Waals surface area (Å²) in [6, 6.07) is 10.9. The summed E-state index contributed by atoms with van der Waals surface area (Å²) >= 11 is 15.6. The molecule has 1 atom stereocenters. The van der Waals surface area contributed by atoms with E-state index in [9.17, 15) is 0 Å². The number of ether oxygens (including phenoxy) is 1. The minimum atomic E-state index is -0.199. The minimum Gasteiger partial charge on any atom is -0.496 e. The minimum absolute atomic E-state index is 0.199. The maximum absolute atomic E-state index is 6.28. The number of halogens is 3. The molecule has 2 N–H and O–H groups in total. The van der Waals surface area contributed by atoms with Crippen LogP contribution >= 0.6 is 39.1 Å². The lowest BCUT2D eigenvalue weighted by Crippen LogP contribution is -2.14. The molecule has 0 aliphatic carbocycles. The Morgan fingerprint density at radius 3 is 2.50 bits per heavy atom. The standard InChI is InChI=1S/C15H14BrCl2NO/c1-20-15-5-3-10(17)6-9(15)7-14(19)12-8-11(18)2-4-13(12)16/h2-6,8,14H,7,19H2,1H3. The molecule has 2 aromatic rings. The van der Waals surface area contributed by atoms with Crippen molar-refractivity contribution in [3.05, 3.63) is 62.0 Å². The van der Waals surface area contributed by atoms with E-state index in [4.69, 9.17) is 33.7 Å². The summed E-state index contributed by atoms with van der Waals surface area (Å²) in [6.45, 7) is 0. The van der Waals surface area contributed by atoms with Gasteiger partial charge in [0.25, 0.3) is 0 Å². The monoisotopic (exact) mass is 373 g/mol. The maximum Gasteiger partial charge on any atom is 0.122 e. The van der Waals surface area contributed by atoms with Crippen LogP contribution in [0.5, 0.6) is 5.75 Å². The van der Waals surface area contributed by atoms with Gasteiger partial charge in [0.15, 0.2) is 0 Å². The van der Waals surface area contributed by atoms with Crippen LogP contribution in [0.15, 0.2) is 40.9 Å². The smallest absolute Gasteiger partial charge is 0.122 e. The Morgan fingerprint density at radius 2 is 1.80 bits per heavy atom. The fourth-order valence-electron chi connectivity index (χ4n) is 2.05. The topological polar surface area (TPSA) is 35.2 Å². The van der Waals surface area contributed by atoms with Gasteiger partial charge in [-0.15, -0.1) is 0 Å². The number of rotatable bonds is 4. The zero-order valence-corrected chi connectivity index (χ0v) is 14.0. The lowest BCUT2D eigenvalue weighted by atomic mass is 9.99. The van der Waals surface area contributed by atoms with Gasteiger partial charge in [-0.05, 0) is 53.9 Å². The molecule has 0 heterocycles. The molecule has 0 aliphatic rings. The van der Waals surface area contributed by atoms with Crippen LogP contribution in [0.25, 0.3) is 0 Å². The van der Waals surface area contributed by atoms with E-state index in [1.807, 2.05) is 30.3 Å². The third-order valence-electron chi connectivity index (χ3n) is 3.04. The lowest BCUT2D eigenvalue weighted by molar-refractivity contribution is 0.408. The highest BCUT2D eigenvalue weighted by atomic mass is 79.9. The van der Waals surface area contributed by atoms with Gasteiger partial charge in [-0.2, -0.15) is 0 Å². The van der Waals surface area contributed by atoms with Crippen molar-refractivity contribution in [1.29, 1.82) is 0 Å². The molecule has 0 fully saturated rings. The van der Waals surface area contributed by atoms with Crippen LogP contribution in [-0.4, -0.2) is 7.11 Å². The van der Waals surface area contributed by atoms with Gasteiger partial charge in [0, 0.05) is 20.6 Å². The van der Waals surface area contributed by atoms with Crippen molar-refractivity contribution >= 4 is 39.1 Å². The van der Waals surface area contributed by atoms with Crippen LogP contribution in [0.2, 0.25) is 10.0 Å². The number of hydrogen-bond acceptors (Lipinski definition) is 2. The van der Waals surface area contributed by atoms with Gasteiger partial charge < -0.3 is 10.5 Å². The van der Waals surface area contributed by atoms with Crippen LogP contribution in [0.1, 0.15) is 17.2 Å². The highest BCUT2D eigenvalue weighted by molar-refractivity contribution is 9.10. The van der Waals surface area contributed by atoms with Crippen LogP contribution < -0.4 is 10.5 Å². The molecule has 0 aliphatic heterocycles. The van der Waals surface area contributed by atoms with Crippen LogP contribution in [0, 0.1) is 0 Å². The van der Waals surface area contributed by atoms with Gasteiger partial charge in [-0.1, -0.05) is 39.1 Å². The fraction of sp³-hybridized carbons (Fsp3) is 0.200. The summed E-state index contributed by atoms with van der Waals surface area (Å²) in [5.41, 5.74) is 8.21. The molecule has 0 amide bonds. The molecule has 0 saturated carbocycles. The molecule has 20 heavy (non-hydrogen) atoms. The third-order valence-corrected chi connectivity index (χ3v) is 4.23. The van der Waals surface area contributed by atoms with Crippen LogP contribution in [0.4, 0.5) is 0 Å². The summed E-state index contributed by atoms with van der Waals surface area (Å²) in [5.74, 6) is 0.781. The molecule has 0 saturated heterocycles. The first-order chi connectivity index (χ1) is 9.51. The van der Waals surface area contributed by atoms with E-state index in [1.165, 1.54) is 0 Å². The first-order valence-electron chi connectivity index (χ1n) is 6.04. The number of methoxy groups -OCH3 is 1. The average molecular weight is 375 g/mol. The van der Waals surface area contributed by atoms with Gasteiger partial charge in [0.2, 0.25) is 0 Å². The Kier molecular flexibility index (Phi) is 5.33. The molecule has 0 bridgehead atoms. The number of hydrogen-bond donors (Lipinski definition) is 1. The fourth-order valence-corrected chi connectivity index (χ4v) is 2.97. The van der Waals surface area contributed by atoms with E-state index in [1.54, 1.807) is 13.2 Å². The summed E-state index contributed by atoms with van der Waals surface area (Å²) in [4.78, 5) is 0. The van der Waals surface area contributed by atoms with Crippen molar-refractivity contribution in [1.82, 2.24) is 0 Å². The zero-order valence-electron chi connectivity index (χ0n) is 10.9. The van der Waals surface area contributed by atoms with Crippen molar-refractivity contribution in [3.63, 3.8) is 0 Å². The molecule has 106 valence electrons. The van der Waals surface area contributed by atoms with Crippen molar-refractivity contribution in [2.75, 3.05) is 7.11 Å². The molecule has 0 spiro atoms. The van der Waals surface area contributed by atoms with Gasteiger partial charge in [0.1, 0.15) is 5.75 Å². The van der Waals surface area contributed by atoms with Gasteiger partial charge in [-0.25, -0.2) is 0 Å². The normalized spacial score (nSPS) is 12.2. The second-order valence-electron chi connectivity index (χ2n) is 4.43. The van der Waals surface area contributed by atoms with E-state index < -0.39 is 0 Å². The van der Waals surface area contributed by atoms with Crippen molar-refractivity contribution in [2.24, 2.45) is 5.73 Å². The Hall–Kier alpha value is -0.740. The molecule has 5 heteroatoms. The average Bonchev–Trinajstić information content (AvgIpc) is 2.41. The molecule has 1 unspecified atom stereocenters. The van der Waals surface area contributed by atoms with Gasteiger partial charge >= 0.3 is 0 Å². The Morgan fingerprint density at radius 1 is 1.15 bits per heavy atom. The van der Waals surface area contributed by atoms with Gasteiger partial charge in [0.05, 0.1) is 7.11 Å². The summed E-state index contributed by atoms with van der Waals surface area (Å²) < 4.78 is 6.28. The van der Waals surface area contributed by atoms with E-state index in [0.717, 1.165) is 21.3 Å². The van der Waals surface area contributed by atoms with E-state index in [2.05, 4.69) is 15.9 Å². The summed E-state index contributed by atoms with van der Waals surface area (Å²) in [6.07, 6.45) is 0.614. The second kappa shape index (κ2) is 6.81. The predicted molar refractivity (Wildman–Crippen MR) is 87.8 cm³/mol. The van der Waals surface area contributed by atoms with Gasteiger partial charge in [-0.3, -0.25) is 0 Å². The highest BCUT2D eigenvalue weighted by Gasteiger charge is 2.14. The molecular weight excluding hydrogens is 361 g/mol. The van der Waals surface area contributed by atoms with Crippen LogP contribution in [-0.2, 0) is 6.42 Å². The van der Waals surface area contributed by atoms with Crippen LogP contribution in [0.3, 0.4) is 0 Å². The van der Waals surface area contributed by atoms with E-state index in [0.29, 0.717) is 16.5 Å². The Balaban J connectivity index is 2.29. The molecule has 2 nitrogen and oxygen atoms in total. The largest absolute Gasteiger partial charge is 0.496 e. The Labute approximate surface area is 137 Å². The van der Waals surface area contributed by atoms with Crippen molar-refractivity contribution in [2.45, 2.75) is 12.5 Å². The molecular formula is C15H14BrCl2NO. The van der Waals surface area contributed by atoms with Crippen molar-refractivity contribution in [3.8, 4) is 5.75 Å². The number of benzene rings is 2. The van der Waals surface area contributed by atoms with Crippen molar-refractivity contribution < 1.29 is 4.74 Å². The SMILES string of the molecule is COc1ccc(Cl)cc1CC(N)c1cc(Cl)ccc1Br. The third kappa shape index (κ3) is 3.67. The summed E-state index contributed by atoms with van der Waals surface area (Å²) in [7, 11) is 1.63. The highest BCUT2D eigenvalue weighted by Crippen LogP contribution is 2.31. The van der Waals surface area contributed by atoms with E-state index >= 15 is 0 Å². The number of nitrogens with two attached hydrogens (primary N) is 1. The summed E-state index contributed by atoms with van der Waals surface area (Å²) in [5, 5.41) is 1.33. The molecule has 2 rings (SSSR count). The predicted octanol–water partition coefficient (Wildman–Crippen LogP) is 5.01. The first-order valence-corrected chi connectivity index (χ1v) is 7.59. The quantitative estimate of drug-likeness (QED) is 0.816. The second-order valence-corrected chi connectivity index (χ2v) is 6.16. The molecule has 0 aromatic heterocycles. The first kappa shape index (κ1) is 15.6.